The fourth-order valence-corrected chi connectivity index (χ4v) is 5.67. The Balaban J connectivity index is 1.81. The molecule has 4 atom stereocenters. The number of benzene rings is 1. The lowest BCUT2D eigenvalue weighted by molar-refractivity contribution is -0.138. The van der Waals surface area contributed by atoms with E-state index in [4.69, 9.17) is 9.47 Å². The molecule has 1 saturated heterocycles. The highest BCUT2D eigenvalue weighted by molar-refractivity contribution is 5.89. The maximum Gasteiger partial charge on any atom is 0.174 e. The highest BCUT2D eigenvalue weighted by atomic mass is 16.5. The van der Waals surface area contributed by atoms with Crippen molar-refractivity contribution in [2.24, 2.45) is 5.92 Å². The van der Waals surface area contributed by atoms with Gasteiger partial charge in [-0.3, -0.25) is 4.79 Å². The smallest absolute Gasteiger partial charge is 0.174 e. The molecule has 0 unspecified atom stereocenters. The summed E-state index contributed by atoms with van der Waals surface area (Å²) in [6, 6.07) is 4.73. The van der Waals surface area contributed by atoms with Crippen molar-refractivity contribution >= 4 is 5.78 Å². The van der Waals surface area contributed by atoms with E-state index in [1.165, 1.54) is 11.1 Å². The van der Waals surface area contributed by atoms with Crippen LogP contribution >= 0.6 is 0 Å². The molecule has 4 aliphatic rings. The van der Waals surface area contributed by atoms with E-state index in [-0.39, 0.29) is 17.3 Å². The van der Waals surface area contributed by atoms with Crippen molar-refractivity contribution in [3.8, 4) is 11.5 Å². The van der Waals surface area contributed by atoms with Crippen molar-refractivity contribution < 1.29 is 14.3 Å². The molecule has 2 bridgehead atoms. The molecule has 4 heteroatoms. The Morgan fingerprint density at radius 2 is 2.27 bits per heavy atom. The fourth-order valence-electron chi connectivity index (χ4n) is 5.67. The van der Waals surface area contributed by atoms with Crippen molar-refractivity contribution in [2.45, 2.75) is 43.2 Å². The molecule has 2 fully saturated rings. The van der Waals surface area contributed by atoms with Gasteiger partial charge in [0.25, 0.3) is 0 Å². The molecule has 5 rings (SSSR count). The Bertz CT molecular complexity index is 685. The van der Waals surface area contributed by atoms with E-state index < -0.39 is 0 Å². The minimum absolute atomic E-state index is 0.0933. The van der Waals surface area contributed by atoms with E-state index in [2.05, 4.69) is 18.0 Å². The number of likely N-dealkylation sites (N-methyl/N-ethyl adjacent to an activating group) is 1. The molecule has 0 radical (unpaired) electrons. The van der Waals surface area contributed by atoms with Crippen LogP contribution in [-0.4, -0.2) is 43.5 Å². The van der Waals surface area contributed by atoms with Crippen LogP contribution in [0.2, 0.25) is 0 Å². The van der Waals surface area contributed by atoms with Crippen LogP contribution in [-0.2, 0) is 16.6 Å². The molecule has 0 amide bonds. The van der Waals surface area contributed by atoms with Gasteiger partial charge in [-0.05, 0) is 50.4 Å². The van der Waals surface area contributed by atoms with Gasteiger partial charge in [-0.15, -0.1) is 0 Å². The predicted octanol–water partition coefficient (Wildman–Crippen LogP) is 1.93. The normalized spacial score (nSPS) is 38.5. The van der Waals surface area contributed by atoms with Gasteiger partial charge >= 0.3 is 0 Å². The van der Waals surface area contributed by atoms with Crippen LogP contribution in [0, 0.1) is 5.92 Å². The number of hydrogen-bond acceptors (Lipinski definition) is 4. The van der Waals surface area contributed by atoms with Crippen LogP contribution in [0.3, 0.4) is 0 Å². The summed E-state index contributed by atoms with van der Waals surface area (Å²) in [5.41, 5.74) is 2.57. The average molecular weight is 299 g/mol. The summed E-state index contributed by atoms with van der Waals surface area (Å²) in [5.74, 6) is 2.46. The molecule has 22 heavy (non-hydrogen) atoms. The fraction of sp³-hybridized carbons (Fsp3) is 0.611. The predicted molar refractivity (Wildman–Crippen MR) is 81.6 cm³/mol. The second kappa shape index (κ2) is 4.05. The van der Waals surface area contributed by atoms with Gasteiger partial charge in [0.1, 0.15) is 0 Å². The number of carbonyl (C=O) groups excluding carboxylic acids is 1. The van der Waals surface area contributed by atoms with Crippen LogP contribution in [0.25, 0.3) is 0 Å². The Labute approximate surface area is 130 Å². The highest BCUT2D eigenvalue weighted by Crippen LogP contribution is 2.62. The molecule has 1 aromatic rings. The zero-order chi connectivity index (χ0) is 15.1. The number of ketones is 1. The monoisotopic (exact) mass is 299 g/mol. The number of hydrogen-bond donors (Lipinski definition) is 0. The molecule has 116 valence electrons. The lowest BCUT2D eigenvalue weighted by atomic mass is 9.52. The van der Waals surface area contributed by atoms with Gasteiger partial charge in [-0.25, -0.2) is 0 Å². The third-order valence-corrected chi connectivity index (χ3v) is 6.59. The molecule has 0 aromatic heterocycles. The number of piperidine rings is 1. The summed E-state index contributed by atoms with van der Waals surface area (Å²) in [6.45, 7) is 1.05. The second-order valence-corrected chi connectivity index (χ2v) is 7.28. The first-order valence-electron chi connectivity index (χ1n) is 8.27. The molecule has 4 nitrogen and oxygen atoms in total. The number of ether oxygens (including phenoxy) is 2. The Kier molecular flexibility index (Phi) is 2.38. The quantitative estimate of drug-likeness (QED) is 0.794. The summed E-state index contributed by atoms with van der Waals surface area (Å²) < 4.78 is 11.8. The molecule has 2 aliphatic heterocycles. The van der Waals surface area contributed by atoms with Crippen molar-refractivity contribution in [1.82, 2.24) is 4.90 Å². The number of nitrogens with zero attached hydrogens (tertiary/aromatic N) is 1. The zero-order valence-corrected chi connectivity index (χ0v) is 13.1. The van der Waals surface area contributed by atoms with Gasteiger partial charge in [0.15, 0.2) is 23.4 Å². The standard InChI is InChI=1S/C18H21NO3/c1-19-8-7-18-11-4-5-13(20)17(18)22-16-14(21-2)6-3-10(15(16)18)9-12(11)19/h3,6,11-12,17H,4-5,7-9H2,1-2H3/t11-,12+,17-,18+/m1/s1. The minimum atomic E-state index is -0.284. The number of carbonyl (C=O) groups is 1. The maximum atomic E-state index is 12.6. The molecule has 1 saturated carbocycles. The van der Waals surface area contributed by atoms with Gasteiger partial charge < -0.3 is 14.4 Å². The first-order chi connectivity index (χ1) is 10.7. The minimum Gasteiger partial charge on any atom is -0.493 e. The van der Waals surface area contributed by atoms with Crippen LogP contribution in [0.4, 0.5) is 0 Å². The van der Waals surface area contributed by atoms with Gasteiger partial charge in [0, 0.05) is 23.4 Å². The summed E-state index contributed by atoms with van der Waals surface area (Å²) in [5, 5.41) is 0. The summed E-state index contributed by atoms with van der Waals surface area (Å²) in [7, 11) is 3.91. The number of rotatable bonds is 1. The van der Waals surface area contributed by atoms with E-state index >= 15 is 0 Å². The van der Waals surface area contributed by atoms with Crippen LogP contribution in [0.5, 0.6) is 11.5 Å². The number of likely N-dealkylation sites (tertiary alicyclic amines) is 1. The topological polar surface area (TPSA) is 38.8 Å². The van der Waals surface area contributed by atoms with Gasteiger partial charge in [-0.2, -0.15) is 0 Å². The molecular weight excluding hydrogens is 278 g/mol. The van der Waals surface area contributed by atoms with Crippen molar-refractivity contribution in [3.63, 3.8) is 0 Å². The number of methoxy groups -OCH3 is 1. The third-order valence-electron chi connectivity index (χ3n) is 6.59. The summed E-state index contributed by atoms with van der Waals surface area (Å²) in [4.78, 5) is 15.1. The Morgan fingerprint density at radius 3 is 3.09 bits per heavy atom. The highest BCUT2D eigenvalue weighted by Gasteiger charge is 2.65. The Hall–Kier alpha value is -1.55. The van der Waals surface area contributed by atoms with Gasteiger partial charge in [0.05, 0.1) is 7.11 Å². The largest absolute Gasteiger partial charge is 0.493 e. The lowest BCUT2D eigenvalue weighted by Gasteiger charge is -2.57. The lowest BCUT2D eigenvalue weighted by Crippen LogP contribution is -2.65. The number of Topliss-reactive ketones (excluding diaryl/α,β-unsaturated/α-hetero) is 1. The van der Waals surface area contributed by atoms with E-state index in [9.17, 15) is 4.79 Å². The first-order valence-corrected chi connectivity index (χ1v) is 8.27. The maximum absolute atomic E-state index is 12.6. The van der Waals surface area contributed by atoms with Crippen LogP contribution in [0.1, 0.15) is 30.4 Å². The second-order valence-electron chi connectivity index (χ2n) is 7.28. The van der Waals surface area contributed by atoms with E-state index in [0.717, 1.165) is 37.3 Å². The third kappa shape index (κ3) is 1.27. The molecule has 1 aromatic carbocycles. The van der Waals surface area contributed by atoms with Crippen molar-refractivity contribution in [2.75, 3.05) is 20.7 Å². The summed E-state index contributed by atoms with van der Waals surface area (Å²) in [6.07, 6.45) is 3.47. The van der Waals surface area contributed by atoms with Crippen molar-refractivity contribution in [3.05, 3.63) is 23.3 Å². The van der Waals surface area contributed by atoms with E-state index in [0.29, 0.717) is 18.4 Å². The molecule has 0 N–H and O–H groups in total. The SMILES string of the molecule is COc1ccc2c3c1O[C@@H]1C(=O)CC[C@@H]4[C@H](C2)N(C)CC[C@]314. The molecule has 1 spiro atoms. The first kappa shape index (κ1) is 12.9. The summed E-state index contributed by atoms with van der Waals surface area (Å²) >= 11 is 0. The van der Waals surface area contributed by atoms with E-state index in [1.807, 2.05) is 6.07 Å². The molecule has 2 aliphatic carbocycles. The molecular formula is C18H21NO3. The van der Waals surface area contributed by atoms with Crippen molar-refractivity contribution in [1.29, 1.82) is 0 Å². The van der Waals surface area contributed by atoms with Crippen LogP contribution < -0.4 is 9.47 Å². The van der Waals surface area contributed by atoms with E-state index in [1.54, 1.807) is 7.11 Å². The van der Waals surface area contributed by atoms with Gasteiger partial charge in [0.2, 0.25) is 0 Å². The zero-order valence-electron chi connectivity index (χ0n) is 13.1. The molecule has 2 heterocycles. The average Bonchev–Trinajstić information content (AvgIpc) is 2.88. The Morgan fingerprint density at radius 1 is 1.41 bits per heavy atom. The van der Waals surface area contributed by atoms with Gasteiger partial charge in [-0.1, -0.05) is 6.07 Å². The van der Waals surface area contributed by atoms with Crippen LogP contribution in [0.15, 0.2) is 12.1 Å².